The summed E-state index contributed by atoms with van der Waals surface area (Å²) in [5.74, 6) is -0.325. The average Bonchev–Trinajstić information content (AvgIpc) is 2.97. The van der Waals surface area contributed by atoms with Gasteiger partial charge in [-0.25, -0.2) is 9.18 Å². The molecular weight excluding hydrogens is 285 g/mol. The summed E-state index contributed by atoms with van der Waals surface area (Å²) >= 11 is 0. The number of unbranched alkanes of at least 4 members (excludes halogenated alkanes) is 1. The number of rotatable bonds is 7. The number of urea groups is 1. The van der Waals surface area contributed by atoms with Gasteiger partial charge in [0.15, 0.2) is 0 Å². The van der Waals surface area contributed by atoms with Crippen LogP contribution >= 0.6 is 0 Å². The second-order valence-electron chi connectivity index (χ2n) is 5.61. The molecule has 0 bridgehead atoms. The zero-order valence-corrected chi connectivity index (χ0v) is 12.7. The number of anilines is 1. The first-order chi connectivity index (χ1) is 10.7. The van der Waals surface area contributed by atoms with Crippen molar-refractivity contribution in [2.45, 2.75) is 31.7 Å². The van der Waals surface area contributed by atoms with E-state index in [1.807, 2.05) is 0 Å². The van der Waals surface area contributed by atoms with Gasteiger partial charge in [-0.2, -0.15) is 0 Å². The van der Waals surface area contributed by atoms with E-state index < -0.39 is 0 Å². The molecule has 1 unspecified atom stereocenters. The van der Waals surface area contributed by atoms with Gasteiger partial charge in [0.2, 0.25) is 0 Å². The van der Waals surface area contributed by atoms with E-state index in [9.17, 15) is 14.3 Å². The number of aliphatic hydroxyl groups is 1. The van der Waals surface area contributed by atoms with E-state index in [-0.39, 0.29) is 18.5 Å². The van der Waals surface area contributed by atoms with Crippen LogP contribution in [-0.4, -0.2) is 48.3 Å². The maximum atomic E-state index is 12.7. The van der Waals surface area contributed by atoms with E-state index >= 15 is 0 Å². The minimum Gasteiger partial charge on any atom is -0.395 e. The van der Waals surface area contributed by atoms with Gasteiger partial charge < -0.3 is 15.7 Å². The zero-order valence-electron chi connectivity index (χ0n) is 12.7. The minimum atomic E-state index is -0.325. The van der Waals surface area contributed by atoms with Crippen molar-refractivity contribution < 1.29 is 14.3 Å². The van der Waals surface area contributed by atoms with E-state index in [2.05, 4.69) is 15.5 Å². The van der Waals surface area contributed by atoms with Crippen molar-refractivity contribution in [3.63, 3.8) is 0 Å². The monoisotopic (exact) mass is 309 g/mol. The van der Waals surface area contributed by atoms with Crippen molar-refractivity contribution in [1.82, 2.24) is 10.2 Å². The molecule has 5 nitrogen and oxygen atoms in total. The van der Waals surface area contributed by atoms with Crippen molar-refractivity contribution in [2.75, 3.05) is 31.6 Å². The normalized spacial score (nSPS) is 18.4. The third kappa shape index (κ3) is 5.27. The SMILES string of the molecule is O=C(NCCCCN1CCCC1CO)Nc1ccc(F)cc1. The Labute approximate surface area is 130 Å². The highest BCUT2D eigenvalue weighted by molar-refractivity contribution is 5.89. The van der Waals surface area contributed by atoms with Crippen molar-refractivity contribution in [1.29, 1.82) is 0 Å². The Morgan fingerprint density at radius 2 is 2.09 bits per heavy atom. The Balaban J connectivity index is 1.56. The molecule has 1 saturated heterocycles. The summed E-state index contributed by atoms with van der Waals surface area (Å²) in [5, 5.41) is 14.7. The van der Waals surface area contributed by atoms with Gasteiger partial charge in [-0.1, -0.05) is 0 Å². The molecule has 1 fully saturated rings. The number of nitrogens with one attached hydrogen (secondary N) is 2. The Kier molecular flexibility index (Phi) is 6.61. The molecule has 0 spiro atoms. The lowest BCUT2D eigenvalue weighted by atomic mass is 10.2. The van der Waals surface area contributed by atoms with Crippen LogP contribution in [0.15, 0.2) is 24.3 Å². The molecule has 1 aromatic rings. The van der Waals surface area contributed by atoms with Crippen molar-refractivity contribution in [3.05, 3.63) is 30.1 Å². The molecule has 1 atom stereocenters. The average molecular weight is 309 g/mol. The molecule has 3 N–H and O–H groups in total. The first-order valence-corrected chi connectivity index (χ1v) is 7.84. The number of aliphatic hydroxyl groups excluding tert-OH is 1. The molecule has 0 radical (unpaired) electrons. The summed E-state index contributed by atoms with van der Waals surface area (Å²) in [5.41, 5.74) is 0.571. The summed E-state index contributed by atoms with van der Waals surface area (Å²) in [6.07, 6.45) is 4.12. The molecule has 1 aromatic carbocycles. The van der Waals surface area contributed by atoms with Gasteiger partial charge >= 0.3 is 6.03 Å². The predicted molar refractivity (Wildman–Crippen MR) is 84.3 cm³/mol. The van der Waals surface area contributed by atoms with Crippen molar-refractivity contribution >= 4 is 11.7 Å². The summed E-state index contributed by atoms with van der Waals surface area (Å²) in [6, 6.07) is 5.71. The third-order valence-electron chi connectivity index (χ3n) is 3.97. The lowest BCUT2D eigenvalue weighted by Crippen LogP contribution is -2.34. The van der Waals surface area contributed by atoms with E-state index in [0.29, 0.717) is 18.3 Å². The molecule has 2 amide bonds. The van der Waals surface area contributed by atoms with E-state index in [0.717, 1.165) is 38.8 Å². The second kappa shape index (κ2) is 8.70. The molecule has 6 heteroatoms. The molecule has 0 aromatic heterocycles. The molecule has 0 saturated carbocycles. The zero-order chi connectivity index (χ0) is 15.8. The van der Waals surface area contributed by atoms with Crippen LogP contribution in [0.1, 0.15) is 25.7 Å². The van der Waals surface area contributed by atoms with Crippen LogP contribution in [0.5, 0.6) is 0 Å². The van der Waals surface area contributed by atoms with Crippen molar-refractivity contribution in [2.24, 2.45) is 0 Å². The second-order valence-corrected chi connectivity index (χ2v) is 5.61. The quantitative estimate of drug-likeness (QED) is 0.677. The maximum absolute atomic E-state index is 12.7. The number of nitrogens with zero attached hydrogens (tertiary/aromatic N) is 1. The first kappa shape index (κ1) is 16.7. The fourth-order valence-electron chi connectivity index (χ4n) is 2.75. The largest absolute Gasteiger partial charge is 0.395 e. The lowest BCUT2D eigenvalue weighted by Gasteiger charge is -2.22. The number of hydrogen-bond acceptors (Lipinski definition) is 3. The highest BCUT2D eigenvalue weighted by atomic mass is 19.1. The van der Waals surface area contributed by atoms with Crippen LogP contribution in [-0.2, 0) is 0 Å². The van der Waals surface area contributed by atoms with E-state index in [1.54, 1.807) is 0 Å². The number of carbonyl (C=O) groups is 1. The van der Waals surface area contributed by atoms with Gasteiger partial charge in [-0.15, -0.1) is 0 Å². The molecular formula is C16H24FN3O2. The number of likely N-dealkylation sites (tertiary alicyclic amines) is 1. The number of halogens is 1. The smallest absolute Gasteiger partial charge is 0.319 e. The molecule has 1 heterocycles. The van der Waals surface area contributed by atoms with Gasteiger partial charge in [0.25, 0.3) is 0 Å². The molecule has 2 rings (SSSR count). The topological polar surface area (TPSA) is 64.6 Å². The van der Waals surface area contributed by atoms with Crippen LogP contribution in [0.2, 0.25) is 0 Å². The van der Waals surface area contributed by atoms with Crippen molar-refractivity contribution in [3.8, 4) is 0 Å². The summed E-state index contributed by atoms with van der Waals surface area (Å²) < 4.78 is 12.7. The summed E-state index contributed by atoms with van der Waals surface area (Å²) in [4.78, 5) is 14.0. The summed E-state index contributed by atoms with van der Waals surface area (Å²) in [7, 11) is 0. The lowest BCUT2D eigenvalue weighted by molar-refractivity contribution is 0.157. The number of benzene rings is 1. The van der Waals surface area contributed by atoms with E-state index in [4.69, 9.17) is 0 Å². The van der Waals surface area contributed by atoms with Gasteiger partial charge in [0.1, 0.15) is 5.82 Å². The Morgan fingerprint density at radius 1 is 1.32 bits per heavy atom. The maximum Gasteiger partial charge on any atom is 0.319 e. The van der Waals surface area contributed by atoms with Crippen LogP contribution < -0.4 is 10.6 Å². The van der Waals surface area contributed by atoms with E-state index in [1.165, 1.54) is 24.3 Å². The summed E-state index contributed by atoms with van der Waals surface area (Å²) in [6.45, 7) is 2.86. The van der Waals surface area contributed by atoms with Gasteiger partial charge in [0.05, 0.1) is 6.61 Å². The Hall–Kier alpha value is -1.66. The number of hydrogen-bond donors (Lipinski definition) is 3. The van der Waals surface area contributed by atoms with Gasteiger partial charge in [-0.3, -0.25) is 4.90 Å². The first-order valence-electron chi connectivity index (χ1n) is 7.84. The van der Waals surface area contributed by atoms with Crippen LogP contribution in [0, 0.1) is 5.82 Å². The Morgan fingerprint density at radius 3 is 2.82 bits per heavy atom. The molecule has 0 aliphatic carbocycles. The van der Waals surface area contributed by atoms with Crippen LogP contribution in [0.4, 0.5) is 14.9 Å². The number of amides is 2. The Bertz CT molecular complexity index is 467. The third-order valence-corrected chi connectivity index (χ3v) is 3.97. The molecule has 122 valence electrons. The fourth-order valence-corrected chi connectivity index (χ4v) is 2.75. The molecule has 1 aliphatic rings. The standard InChI is InChI=1S/C16H24FN3O2/c17-13-5-7-14(8-6-13)19-16(22)18-9-1-2-10-20-11-3-4-15(20)12-21/h5-8,15,21H,1-4,9-12H2,(H2,18,19,22). The highest BCUT2D eigenvalue weighted by Gasteiger charge is 2.22. The molecule has 1 aliphatic heterocycles. The fraction of sp³-hybridized carbons (Fsp3) is 0.562. The number of carbonyl (C=O) groups excluding carboxylic acids is 1. The van der Waals surface area contributed by atoms with Gasteiger partial charge in [-0.05, 0) is 63.0 Å². The molecule has 22 heavy (non-hydrogen) atoms. The minimum absolute atomic E-state index is 0.234. The van der Waals surface area contributed by atoms with Crippen LogP contribution in [0.3, 0.4) is 0 Å². The van der Waals surface area contributed by atoms with Gasteiger partial charge in [0, 0.05) is 18.3 Å². The highest BCUT2D eigenvalue weighted by Crippen LogP contribution is 2.16. The van der Waals surface area contributed by atoms with Crippen LogP contribution in [0.25, 0.3) is 0 Å². The predicted octanol–water partition coefficient (Wildman–Crippen LogP) is 2.18.